The van der Waals surface area contributed by atoms with Crippen molar-refractivity contribution in [3.63, 3.8) is 0 Å². The Balaban J connectivity index is 0.0000216. The Morgan fingerprint density at radius 2 is 1.40 bits per heavy atom. The summed E-state index contributed by atoms with van der Waals surface area (Å²) in [7, 11) is -2.91. The van der Waals surface area contributed by atoms with E-state index in [2.05, 4.69) is 31.9 Å². The number of nitrogens with two attached hydrogens (primary N) is 1. The molecule has 6 amide bonds. The topological polar surface area (TPSA) is 369 Å². The molecule has 26 nitrogen and oxygen atoms in total. The fourth-order valence-electron chi connectivity index (χ4n) is 9.08. The molecular weight excluding hydrogens is 1240 g/mol. The van der Waals surface area contributed by atoms with Gasteiger partial charge < -0.3 is 80.1 Å². The van der Waals surface area contributed by atoms with E-state index in [-0.39, 0.29) is 151 Å². The second-order valence-corrected chi connectivity index (χ2v) is 25.5. The quantitative estimate of drug-likeness (QED) is 0.0154. The van der Waals surface area contributed by atoms with Crippen LogP contribution in [0.3, 0.4) is 0 Å². The minimum Gasteiger partial charge on any atom is -0.748 e. The summed E-state index contributed by atoms with van der Waals surface area (Å²) in [6.45, 7) is 14.4. The molecule has 1 saturated heterocycles. The van der Waals surface area contributed by atoms with Crippen molar-refractivity contribution in [3.8, 4) is 5.75 Å². The van der Waals surface area contributed by atoms with E-state index in [9.17, 15) is 51.3 Å². The summed E-state index contributed by atoms with van der Waals surface area (Å²) in [4.78, 5) is 106. The predicted octanol–water partition coefficient (Wildman–Crippen LogP) is 0.00690. The first-order valence-electron chi connectivity index (χ1n) is 30.5. The number of carbonyl (C=O) groups excluding carboxylic acids is 8. The number of methoxy groups -OCH3 is 1. The molecule has 8 atom stereocenters. The first-order valence-corrected chi connectivity index (χ1v) is 32.5. The number of carbonyl (C=O) groups is 8. The molecule has 2 aromatic carbocycles. The van der Waals surface area contributed by atoms with E-state index in [1.165, 1.54) is 13.2 Å². The van der Waals surface area contributed by atoms with Gasteiger partial charge in [0, 0.05) is 57.8 Å². The maximum absolute atomic E-state index is 14.0. The van der Waals surface area contributed by atoms with Crippen molar-refractivity contribution in [1.82, 2.24) is 31.9 Å². The van der Waals surface area contributed by atoms with Gasteiger partial charge in [0.05, 0.1) is 98.4 Å². The van der Waals surface area contributed by atoms with Gasteiger partial charge >= 0.3 is 41.5 Å². The van der Waals surface area contributed by atoms with E-state index in [1.807, 2.05) is 58.9 Å². The smallest absolute Gasteiger partial charge is 0.748 e. The van der Waals surface area contributed by atoms with Crippen molar-refractivity contribution in [1.29, 1.82) is 0 Å². The molecule has 2 aliphatic rings. The third-order valence-corrected chi connectivity index (χ3v) is 15.7. The summed E-state index contributed by atoms with van der Waals surface area (Å²) in [5.41, 5.74) is 7.09. The molecule has 0 aliphatic carbocycles. The Morgan fingerprint density at radius 1 is 0.802 bits per heavy atom. The first kappa shape index (κ1) is 79.9. The van der Waals surface area contributed by atoms with Gasteiger partial charge in [0.15, 0.2) is 6.10 Å². The fourth-order valence-corrected chi connectivity index (χ4v) is 9.72. The van der Waals surface area contributed by atoms with Crippen molar-refractivity contribution >= 4 is 69.1 Å². The van der Waals surface area contributed by atoms with Gasteiger partial charge in [-0.3, -0.25) is 33.6 Å². The fraction of sp³-hybridized carbons (Fsp3) is 0.645. The third kappa shape index (κ3) is 31.0. The van der Waals surface area contributed by atoms with Gasteiger partial charge in [-0.2, -0.15) is 0 Å². The number of unbranched alkanes of at least 4 members (excludes halogenated alkanes) is 1. The van der Waals surface area contributed by atoms with Crippen LogP contribution in [0.25, 0.3) is 0 Å². The number of epoxide rings is 1. The molecule has 8 N–H and O–H groups in total. The van der Waals surface area contributed by atoms with Gasteiger partial charge in [-0.05, 0) is 86.3 Å². The van der Waals surface area contributed by atoms with Crippen LogP contribution < -0.4 is 71.9 Å². The molecule has 0 radical (unpaired) electrons. The molecule has 2 heterocycles. The molecule has 2 aromatic rings. The predicted molar refractivity (Wildman–Crippen MR) is 330 cm³/mol. The van der Waals surface area contributed by atoms with Crippen LogP contribution in [0.15, 0.2) is 54.6 Å². The van der Waals surface area contributed by atoms with Gasteiger partial charge in [0.2, 0.25) is 35.4 Å². The van der Waals surface area contributed by atoms with Crippen LogP contribution >= 0.6 is 11.6 Å². The molecule has 1 fully saturated rings. The largest absolute Gasteiger partial charge is 1.00 e. The van der Waals surface area contributed by atoms with Crippen LogP contribution in [0, 0.1) is 23.2 Å². The van der Waals surface area contributed by atoms with Crippen LogP contribution in [-0.2, 0) is 94.6 Å². The molecule has 4 rings (SSSR count). The summed E-state index contributed by atoms with van der Waals surface area (Å²) >= 11 is 6.39. The number of amides is 6. The van der Waals surface area contributed by atoms with Crippen molar-refractivity contribution < 1.29 is 119 Å². The molecule has 91 heavy (non-hydrogen) atoms. The second-order valence-electron chi connectivity index (χ2n) is 23.6. The van der Waals surface area contributed by atoms with Crippen molar-refractivity contribution in [2.45, 2.75) is 149 Å². The van der Waals surface area contributed by atoms with E-state index in [0.29, 0.717) is 48.9 Å². The average Bonchev–Trinajstić information content (AvgIpc) is 1.92. The number of rotatable bonds is 37. The Hall–Kier alpha value is -5.30. The van der Waals surface area contributed by atoms with E-state index in [0.717, 1.165) is 11.1 Å². The van der Waals surface area contributed by atoms with Crippen LogP contribution in [-0.4, -0.2) is 182 Å². The summed E-state index contributed by atoms with van der Waals surface area (Å²) in [5, 5.41) is 16.8. The molecule has 29 heteroatoms. The van der Waals surface area contributed by atoms with Crippen molar-refractivity contribution in [2.24, 2.45) is 28.9 Å². The normalized spacial score (nSPS) is 20.1. The number of hydrogen-bond donors (Lipinski definition) is 7. The Bertz CT molecular complexity index is 2800. The molecule has 2 aliphatic heterocycles. The van der Waals surface area contributed by atoms with E-state index < -0.39 is 105 Å². The molecule has 0 unspecified atom stereocenters. The summed E-state index contributed by atoms with van der Waals surface area (Å²) in [6, 6.07) is 9.67. The standard InChI is InChI=1S/C62H94ClN7O19S.Na/c1-39(2)34-50-60(77)87-48(13-11-14-53(73)69-47(36-43-17-20-49(82-8)45(63)35-43)58(75)68-38-62(6,7)61(78)88-50)41(5)55-56(89-55)44-18-15-42(16-19-44)37-67-57(74)46(70-59(76)54(64)40(3)4)12-9-10-23-65-51(71)21-25-83-27-29-85-31-32-86-30-28-84-26-22-52(72)66-24-33-90(79,80)81;/h11,14-20,35,39-41,46-48,50,54-56H,9-10,12-13,21-34,36-38,64H2,1-8H3,(H,65,71)(H,66,72)(H,67,74)(H,68,75)(H,69,73)(H,70,76)(H,79,80,81);/q;+1/p-1/b14-11-;/t41-,46-,47+,48-,50-,54-,55+,56+;/m0./s1. The Morgan fingerprint density at radius 3 is 1.97 bits per heavy atom. The number of nitrogens with one attached hydrogen (secondary N) is 6. The number of cyclic esters (lactones) is 2. The van der Waals surface area contributed by atoms with Gasteiger partial charge in [-0.25, -0.2) is 13.2 Å². The van der Waals surface area contributed by atoms with E-state index in [4.69, 9.17) is 55.2 Å². The van der Waals surface area contributed by atoms with Gasteiger partial charge in [-0.15, -0.1) is 0 Å². The average molecular weight is 1330 g/mol. The summed E-state index contributed by atoms with van der Waals surface area (Å²) in [6.07, 6.45) is 1.69. The van der Waals surface area contributed by atoms with E-state index >= 15 is 0 Å². The summed E-state index contributed by atoms with van der Waals surface area (Å²) in [5.74, 6) is -5.02. The number of ether oxygens (including phenoxy) is 8. The SMILES string of the molecule is COc1ccc(C[C@H]2NC(=O)/C=C\C[C@@H]([C@H](C)[C@H]3O[C@@H]3c3ccc(CNC(=O)[C@H](CCCCNC(=O)CCOCCOCCOCCOCCC(=O)NCCS(=O)(=O)[O-])NC(=O)[C@@H](N)C(C)C)cc3)OC(=O)[C@H](CC(C)C)OC(=O)C(C)(C)CNC2=O)cc1Cl.[Na+]. The number of benzene rings is 2. The Labute approximate surface area is 561 Å². The third-order valence-electron chi connectivity index (χ3n) is 14.7. The molecule has 0 spiro atoms. The number of halogens is 1. The van der Waals surface area contributed by atoms with Gasteiger partial charge in [-0.1, -0.05) is 82.6 Å². The van der Waals surface area contributed by atoms with Gasteiger partial charge in [0.25, 0.3) is 0 Å². The maximum atomic E-state index is 14.0. The van der Waals surface area contributed by atoms with Crippen LogP contribution in [0.4, 0.5) is 0 Å². The monoisotopic (exact) mass is 1330 g/mol. The second kappa shape index (κ2) is 41.4. The van der Waals surface area contributed by atoms with Crippen LogP contribution in [0.5, 0.6) is 5.75 Å². The number of esters is 2. The molecule has 0 bridgehead atoms. The number of hydrogen-bond acceptors (Lipinski definition) is 20. The van der Waals surface area contributed by atoms with Crippen molar-refractivity contribution in [2.75, 3.05) is 85.4 Å². The zero-order chi connectivity index (χ0) is 66.4. The minimum absolute atomic E-state index is 0. The maximum Gasteiger partial charge on any atom is 1.00 e. The van der Waals surface area contributed by atoms with Crippen molar-refractivity contribution in [3.05, 3.63) is 76.3 Å². The zero-order valence-electron chi connectivity index (χ0n) is 53.9. The molecule has 0 saturated carbocycles. The van der Waals surface area contributed by atoms with Crippen LogP contribution in [0.2, 0.25) is 5.02 Å². The molecular formula is C62H93ClN7NaO19S. The van der Waals surface area contributed by atoms with Crippen LogP contribution in [0.1, 0.15) is 116 Å². The molecule has 504 valence electrons. The molecule has 0 aromatic heterocycles. The zero-order valence-corrected chi connectivity index (χ0v) is 57.5. The van der Waals surface area contributed by atoms with Gasteiger partial charge in [0.1, 0.15) is 30.0 Å². The summed E-state index contributed by atoms with van der Waals surface area (Å²) < 4.78 is 76.9. The Kier molecular flexibility index (Phi) is 36.4. The van der Waals surface area contributed by atoms with E-state index in [1.54, 1.807) is 38.1 Å². The minimum atomic E-state index is -4.39. The first-order chi connectivity index (χ1) is 42.7.